The molecule has 7 nitrogen and oxygen atoms in total. The molecule has 2 aromatic rings. The third-order valence-electron chi connectivity index (χ3n) is 2.65. The number of carbonyl (C=O) groups is 2. The second-order valence-electron chi connectivity index (χ2n) is 5.06. The Balaban J connectivity index is 2.67. The van der Waals surface area contributed by atoms with Gasteiger partial charge in [0.1, 0.15) is 11.3 Å². The fraction of sp³-hybridized carbons (Fsp3) is 0.312. The van der Waals surface area contributed by atoms with E-state index in [1.54, 1.807) is 13.8 Å². The lowest BCUT2D eigenvalue weighted by atomic mass is 10.2. The molecule has 0 N–H and O–H groups in total. The molecule has 0 atom stereocenters. The number of esters is 2. The molecule has 0 radical (unpaired) electrons. The first kappa shape index (κ1) is 16.5. The number of carbonyl (C=O) groups excluding carboxylic acids is 2. The van der Waals surface area contributed by atoms with Gasteiger partial charge in [0.25, 0.3) is 0 Å². The van der Waals surface area contributed by atoms with Gasteiger partial charge < -0.3 is 18.6 Å². The monoisotopic (exact) mass is 320 g/mol. The van der Waals surface area contributed by atoms with E-state index in [4.69, 9.17) is 18.6 Å². The van der Waals surface area contributed by atoms with Crippen LogP contribution in [-0.2, 0) is 9.59 Å². The van der Waals surface area contributed by atoms with Crippen LogP contribution in [0, 0.1) is 0 Å². The van der Waals surface area contributed by atoms with Crippen LogP contribution in [0.25, 0.3) is 11.0 Å². The molecular formula is C16H16O7. The largest absolute Gasteiger partial charge is 0.481 e. The summed E-state index contributed by atoms with van der Waals surface area (Å²) in [6.07, 6.45) is -0.315. The fourth-order valence-corrected chi connectivity index (χ4v) is 1.95. The van der Waals surface area contributed by atoms with Crippen molar-refractivity contribution < 1.29 is 28.2 Å². The predicted octanol–water partition coefficient (Wildman–Crippen LogP) is 2.43. The molecule has 2 rings (SSSR count). The first-order valence-electron chi connectivity index (χ1n) is 6.92. The SMILES string of the molecule is CC(=O)Oc1ccc2c(OC(C)=O)c(OC(C)C)c(=O)oc2c1. The Morgan fingerprint density at radius 1 is 1.04 bits per heavy atom. The Hall–Kier alpha value is -2.83. The minimum Gasteiger partial charge on any atom is -0.481 e. The van der Waals surface area contributed by atoms with Gasteiger partial charge in [0.05, 0.1) is 11.5 Å². The van der Waals surface area contributed by atoms with E-state index >= 15 is 0 Å². The van der Waals surface area contributed by atoms with Crippen LogP contribution in [-0.4, -0.2) is 18.0 Å². The van der Waals surface area contributed by atoms with Crippen molar-refractivity contribution in [1.29, 1.82) is 0 Å². The van der Waals surface area contributed by atoms with Crippen LogP contribution in [0.2, 0.25) is 0 Å². The average Bonchev–Trinajstić information content (AvgIpc) is 2.41. The van der Waals surface area contributed by atoms with Crippen molar-refractivity contribution >= 4 is 22.9 Å². The van der Waals surface area contributed by atoms with E-state index in [-0.39, 0.29) is 28.9 Å². The van der Waals surface area contributed by atoms with E-state index in [2.05, 4.69) is 0 Å². The number of hydrogen-bond acceptors (Lipinski definition) is 7. The van der Waals surface area contributed by atoms with Crippen LogP contribution < -0.4 is 19.8 Å². The normalized spacial score (nSPS) is 10.7. The molecule has 0 saturated heterocycles. The predicted molar refractivity (Wildman–Crippen MR) is 80.9 cm³/mol. The van der Waals surface area contributed by atoms with Crippen molar-refractivity contribution in [3.05, 3.63) is 28.6 Å². The number of rotatable bonds is 4. The summed E-state index contributed by atoms with van der Waals surface area (Å²) in [5.41, 5.74) is -0.677. The maximum absolute atomic E-state index is 12.1. The molecule has 1 aromatic carbocycles. The van der Waals surface area contributed by atoms with Gasteiger partial charge in [-0.25, -0.2) is 4.79 Å². The highest BCUT2D eigenvalue weighted by atomic mass is 16.6. The fourth-order valence-electron chi connectivity index (χ4n) is 1.95. The molecule has 0 aliphatic heterocycles. The minimum atomic E-state index is -0.789. The van der Waals surface area contributed by atoms with E-state index < -0.39 is 17.6 Å². The molecule has 0 fully saturated rings. The topological polar surface area (TPSA) is 92.0 Å². The Labute approximate surface area is 131 Å². The van der Waals surface area contributed by atoms with Crippen LogP contribution in [0.3, 0.4) is 0 Å². The number of ether oxygens (including phenoxy) is 3. The van der Waals surface area contributed by atoms with Gasteiger partial charge in [-0.05, 0) is 26.0 Å². The zero-order valence-corrected chi connectivity index (χ0v) is 13.2. The molecule has 23 heavy (non-hydrogen) atoms. The molecule has 0 bridgehead atoms. The number of hydrogen-bond donors (Lipinski definition) is 0. The summed E-state index contributed by atoms with van der Waals surface area (Å²) in [5, 5.41) is 0.353. The third kappa shape index (κ3) is 3.88. The molecule has 0 saturated carbocycles. The van der Waals surface area contributed by atoms with Crippen molar-refractivity contribution in [3.63, 3.8) is 0 Å². The van der Waals surface area contributed by atoms with Gasteiger partial charge >= 0.3 is 17.6 Å². The first-order chi connectivity index (χ1) is 10.8. The maximum atomic E-state index is 12.1. The van der Waals surface area contributed by atoms with Gasteiger partial charge in [-0.1, -0.05) is 0 Å². The van der Waals surface area contributed by atoms with Gasteiger partial charge in [-0.3, -0.25) is 9.59 Å². The molecule has 0 amide bonds. The Morgan fingerprint density at radius 2 is 1.70 bits per heavy atom. The zero-order chi connectivity index (χ0) is 17.1. The maximum Gasteiger partial charge on any atom is 0.383 e. The summed E-state index contributed by atoms with van der Waals surface area (Å²) in [5.74, 6) is -1.10. The van der Waals surface area contributed by atoms with Crippen LogP contribution in [0.4, 0.5) is 0 Å². The third-order valence-corrected chi connectivity index (χ3v) is 2.65. The molecule has 0 aliphatic rings. The van der Waals surface area contributed by atoms with Gasteiger partial charge in [0, 0.05) is 19.9 Å². The lowest BCUT2D eigenvalue weighted by Gasteiger charge is -2.14. The average molecular weight is 320 g/mol. The summed E-state index contributed by atoms with van der Waals surface area (Å²) in [6, 6.07) is 4.38. The van der Waals surface area contributed by atoms with Gasteiger partial charge in [0.2, 0.25) is 5.75 Å². The van der Waals surface area contributed by atoms with E-state index in [0.717, 1.165) is 0 Å². The first-order valence-corrected chi connectivity index (χ1v) is 6.92. The Morgan fingerprint density at radius 3 is 2.26 bits per heavy atom. The summed E-state index contributed by atoms with van der Waals surface area (Å²) in [7, 11) is 0. The summed E-state index contributed by atoms with van der Waals surface area (Å²) < 4.78 is 20.7. The highest BCUT2D eigenvalue weighted by molar-refractivity contribution is 5.89. The molecule has 7 heteroatoms. The smallest absolute Gasteiger partial charge is 0.383 e. The van der Waals surface area contributed by atoms with Crippen LogP contribution in [0.5, 0.6) is 17.2 Å². The summed E-state index contributed by atoms with van der Waals surface area (Å²) >= 11 is 0. The molecular weight excluding hydrogens is 304 g/mol. The number of fused-ring (bicyclic) bond motifs is 1. The van der Waals surface area contributed by atoms with Crippen LogP contribution >= 0.6 is 0 Å². The van der Waals surface area contributed by atoms with Crippen LogP contribution in [0.15, 0.2) is 27.4 Å². The molecule has 0 unspecified atom stereocenters. The van der Waals surface area contributed by atoms with Crippen molar-refractivity contribution in [2.24, 2.45) is 0 Å². The van der Waals surface area contributed by atoms with E-state index in [0.29, 0.717) is 5.39 Å². The standard InChI is InChI=1S/C16H16O7/c1-8(2)20-15-14(22-10(4)18)12-6-5-11(21-9(3)17)7-13(12)23-16(15)19/h5-8H,1-4H3. The van der Waals surface area contributed by atoms with Crippen molar-refractivity contribution in [1.82, 2.24) is 0 Å². The Bertz CT molecular complexity index is 817. The van der Waals surface area contributed by atoms with Gasteiger partial charge in [0.15, 0.2) is 5.75 Å². The van der Waals surface area contributed by atoms with Crippen molar-refractivity contribution in [2.45, 2.75) is 33.8 Å². The highest BCUT2D eigenvalue weighted by Crippen LogP contribution is 2.35. The second-order valence-corrected chi connectivity index (χ2v) is 5.06. The van der Waals surface area contributed by atoms with Crippen molar-refractivity contribution in [2.75, 3.05) is 0 Å². The van der Waals surface area contributed by atoms with Crippen LogP contribution in [0.1, 0.15) is 27.7 Å². The van der Waals surface area contributed by atoms with E-state index in [1.807, 2.05) is 0 Å². The van der Waals surface area contributed by atoms with E-state index in [1.165, 1.54) is 32.0 Å². The van der Waals surface area contributed by atoms with Gasteiger partial charge in [-0.15, -0.1) is 0 Å². The Kier molecular flexibility index (Phi) is 4.68. The lowest BCUT2D eigenvalue weighted by molar-refractivity contribution is -0.132. The quantitative estimate of drug-likeness (QED) is 0.485. The summed E-state index contributed by atoms with van der Waals surface area (Å²) in [6.45, 7) is 5.92. The van der Waals surface area contributed by atoms with Crippen molar-refractivity contribution in [3.8, 4) is 17.2 Å². The highest BCUT2D eigenvalue weighted by Gasteiger charge is 2.21. The molecule has 122 valence electrons. The second kappa shape index (κ2) is 6.51. The lowest BCUT2D eigenvalue weighted by Crippen LogP contribution is -2.16. The number of benzene rings is 1. The molecule has 1 heterocycles. The molecule has 0 aliphatic carbocycles. The van der Waals surface area contributed by atoms with E-state index in [9.17, 15) is 14.4 Å². The summed E-state index contributed by atoms with van der Waals surface area (Å²) in [4.78, 5) is 34.5. The minimum absolute atomic E-state index is 0.0215. The van der Waals surface area contributed by atoms with Gasteiger partial charge in [-0.2, -0.15) is 0 Å². The molecule has 0 spiro atoms. The zero-order valence-electron chi connectivity index (χ0n) is 13.2. The molecule has 1 aromatic heterocycles.